The molecule has 0 aliphatic rings. The summed E-state index contributed by atoms with van der Waals surface area (Å²) < 4.78 is 32.7. The predicted octanol–water partition coefficient (Wildman–Crippen LogP) is 3.55. The van der Waals surface area contributed by atoms with Gasteiger partial charge in [-0.2, -0.15) is 0 Å². The van der Waals surface area contributed by atoms with E-state index < -0.39 is 27.4 Å². The monoisotopic (exact) mass is 483 g/mol. The molecule has 0 aliphatic carbocycles. The summed E-state index contributed by atoms with van der Waals surface area (Å²) >= 11 is 0. The van der Waals surface area contributed by atoms with Crippen LogP contribution in [0.25, 0.3) is 0 Å². The van der Waals surface area contributed by atoms with Crippen LogP contribution in [-0.4, -0.2) is 39.4 Å². The topological polar surface area (TPSA) is 119 Å². The molecule has 0 bridgehead atoms. The van der Waals surface area contributed by atoms with Crippen molar-refractivity contribution in [3.63, 3.8) is 0 Å². The van der Waals surface area contributed by atoms with E-state index in [1.165, 1.54) is 30.3 Å². The first kappa shape index (κ1) is 24.7. The smallest absolute Gasteiger partial charge is 0.271 e. The van der Waals surface area contributed by atoms with Crippen LogP contribution >= 0.6 is 0 Å². The van der Waals surface area contributed by atoms with E-state index in [9.17, 15) is 23.3 Å². The summed E-state index contributed by atoms with van der Waals surface area (Å²) in [5.41, 5.74) is 0.813. The zero-order valence-corrected chi connectivity index (χ0v) is 19.4. The summed E-state index contributed by atoms with van der Waals surface area (Å²) in [7, 11) is -2.54. The largest absolute Gasteiger partial charge is 0.497 e. The molecule has 3 aromatic rings. The van der Waals surface area contributed by atoms with Crippen LogP contribution in [0.4, 0.5) is 11.4 Å². The fourth-order valence-electron chi connectivity index (χ4n) is 3.33. The number of amides is 1. The van der Waals surface area contributed by atoms with Gasteiger partial charge < -0.3 is 10.1 Å². The molecule has 178 valence electrons. The quantitative estimate of drug-likeness (QED) is 0.253. The van der Waals surface area contributed by atoms with Gasteiger partial charge in [-0.1, -0.05) is 36.4 Å². The van der Waals surface area contributed by atoms with Crippen LogP contribution in [-0.2, 0) is 21.2 Å². The number of rotatable bonds is 11. The highest BCUT2D eigenvalue weighted by molar-refractivity contribution is 7.92. The van der Waals surface area contributed by atoms with Gasteiger partial charge in [0.15, 0.2) is 0 Å². The van der Waals surface area contributed by atoms with Crippen LogP contribution in [0.3, 0.4) is 0 Å². The summed E-state index contributed by atoms with van der Waals surface area (Å²) in [6.07, 6.45) is 1.34. The average Bonchev–Trinajstić information content (AvgIpc) is 2.85. The Bertz CT molecular complexity index is 1250. The lowest BCUT2D eigenvalue weighted by atomic mass is 10.1. The van der Waals surface area contributed by atoms with Crippen molar-refractivity contribution in [2.75, 3.05) is 24.5 Å². The second-order valence-electron chi connectivity index (χ2n) is 7.41. The minimum atomic E-state index is -4.14. The Labute approximate surface area is 198 Å². The number of sulfonamides is 1. The van der Waals surface area contributed by atoms with Gasteiger partial charge in [-0.05, 0) is 48.7 Å². The maximum absolute atomic E-state index is 13.3. The van der Waals surface area contributed by atoms with Crippen molar-refractivity contribution in [1.82, 2.24) is 5.32 Å². The predicted molar refractivity (Wildman–Crippen MR) is 128 cm³/mol. The molecule has 3 aromatic carbocycles. The minimum Gasteiger partial charge on any atom is -0.497 e. The number of methoxy groups -OCH3 is 1. The molecular formula is C24H25N3O6S. The number of anilines is 1. The van der Waals surface area contributed by atoms with Crippen molar-refractivity contribution >= 4 is 27.3 Å². The number of aryl methyl sites for hydroxylation is 1. The number of ether oxygens (including phenoxy) is 1. The fourth-order valence-corrected chi connectivity index (χ4v) is 4.76. The van der Waals surface area contributed by atoms with E-state index in [0.29, 0.717) is 19.4 Å². The summed E-state index contributed by atoms with van der Waals surface area (Å²) in [6, 6.07) is 20.4. The highest BCUT2D eigenvalue weighted by atomic mass is 32.2. The van der Waals surface area contributed by atoms with Gasteiger partial charge in [-0.15, -0.1) is 0 Å². The molecule has 9 nitrogen and oxygen atoms in total. The van der Waals surface area contributed by atoms with Crippen molar-refractivity contribution < 1.29 is 22.9 Å². The first-order valence-electron chi connectivity index (χ1n) is 10.5. The molecule has 0 saturated heterocycles. The van der Waals surface area contributed by atoms with Crippen LogP contribution in [0.1, 0.15) is 12.0 Å². The molecule has 34 heavy (non-hydrogen) atoms. The Balaban J connectivity index is 1.73. The van der Waals surface area contributed by atoms with Crippen LogP contribution in [0, 0.1) is 10.1 Å². The summed E-state index contributed by atoms with van der Waals surface area (Å²) in [4.78, 5) is 23.2. The average molecular weight is 484 g/mol. The number of benzene rings is 3. The molecular weight excluding hydrogens is 458 g/mol. The van der Waals surface area contributed by atoms with Crippen molar-refractivity contribution in [1.29, 1.82) is 0 Å². The van der Waals surface area contributed by atoms with Crippen LogP contribution < -0.4 is 14.4 Å². The zero-order valence-electron chi connectivity index (χ0n) is 18.6. The van der Waals surface area contributed by atoms with Crippen molar-refractivity contribution in [3.8, 4) is 5.75 Å². The van der Waals surface area contributed by atoms with E-state index in [1.807, 2.05) is 24.3 Å². The third kappa shape index (κ3) is 6.32. The maximum atomic E-state index is 13.3. The second kappa shape index (κ2) is 11.3. The lowest BCUT2D eigenvalue weighted by Crippen LogP contribution is -2.41. The summed E-state index contributed by atoms with van der Waals surface area (Å²) in [6.45, 7) is -0.179. The van der Waals surface area contributed by atoms with Gasteiger partial charge in [0.2, 0.25) is 5.91 Å². The molecule has 0 aliphatic heterocycles. The number of hydrogen-bond donors (Lipinski definition) is 1. The molecule has 0 aromatic heterocycles. The Hall–Kier alpha value is -3.92. The molecule has 0 heterocycles. The Morgan fingerprint density at radius 1 is 1.03 bits per heavy atom. The van der Waals surface area contributed by atoms with E-state index in [0.717, 1.165) is 21.7 Å². The third-order valence-electron chi connectivity index (χ3n) is 5.05. The van der Waals surface area contributed by atoms with E-state index in [-0.39, 0.29) is 16.3 Å². The zero-order chi connectivity index (χ0) is 24.6. The molecule has 0 atom stereocenters. The van der Waals surface area contributed by atoms with Crippen molar-refractivity contribution in [2.24, 2.45) is 0 Å². The number of carbonyl (C=O) groups excluding carboxylic acids is 1. The second-order valence-corrected chi connectivity index (χ2v) is 9.27. The number of carbonyl (C=O) groups is 1. The van der Waals surface area contributed by atoms with Crippen LogP contribution in [0.5, 0.6) is 5.75 Å². The fraction of sp³-hybridized carbons (Fsp3) is 0.208. The molecule has 0 spiro atoms. The van der Waals surface area contributed by atoms with E-state index in [2.05, 4.69) is 5.32 Å². The van der Waals surface area contributed by atoms with Gasteiger partial charge in [-0.25, -0.2) is 8.42 Å². The molecule has 3 rings (SSSR count). The van der Waals surface area contributed by atoms with Crippen molar-refractivity contribution in [2.45, 2.75) is 17.7 Å². The first-order chi connectivity index (χ1) is 16.3. The molecule has 1 N–H and O–H groups in total. The molecule has 0 saturated carbocycles. The Kier molecular flexibility index (Phi) is 8.20. The number of nitrogens with zero attached hydrogens (tertiary/aromatic N) is 2. The summed E-state index contributed by atoms with van der Waals surface area (Å²) in [5, 5.41) is 13.9. The van der Waals surface area contributed by atoms with Gasteiger partial charge >= 0.3 is 0 Å². The van der Waals surface area contributed by atoms with Crippen LogP contribution in [0.2, 0.25) is 0 Å². The Morgan fingerprint density at radius 3 is 2.47 bits per heavy atom. The highest BCUT2D eigenvalue weighted by Crippen LogP contribution is 2.26. The van der Waals surface area contributed by atoms with E-state index >= 15 is 0 Å². The maximum Gasteiger partial charge on any atom is 0.271 e. The van der Waals surface area contributed by atoms with E-state index in [4.69, 9.17) is 4.74 Å². The molecule has 0 fully saturated rings. The standard InChI is InChI=1S/C24H25N3O6S/c1-33-22-12-5-8-19(16-22)9-7-15-25-24(28)18-26(20-10-6-11-21(17-20)27(29)30)34(31,32)23-13-3-2-4-14-23/h2-6,8,10-14,16-17H,7,9,15,18H2,1H3,(H,25,28). The van der Waals surface area contributed by atoms with Gasteiger partial charge in [-0.3, -0.25) is 19.2 Å². The third-order valence-corrected chi connectivity index (χ3v) is 6.83. The summed E-state index contributed by atoms with van der Waals surface area (Å²) in [5.74, 6) is 0.233. The number of hydrogen-bond acceptors (Lipinski definition) is 6. The minimum absolute atomic E-state index is 0.0210. The lowest BCUT2D eigenvalue weighted by molar-refractivity contribution is -0.384. The molecule has 0 radical (unpaired) electrons. The lowest BCUT2D eigenvalue weighted by Gasteiger charge is -2.24. The number of nitrogens with one attached hydrogen (secondary N) is 1. The normalized spacial score (nSPS) is 11.0. The molecule has 1 amide bonds. The molecule has 0 unspecified atom stereocenters. The van der Waals surface area contributed by atoms with Crippen molar-refractivity contribution in [3.05, 3.63) is 94.5 Å². The number of nitro benzene ring substituents is 1. The van der Waals surface area contributed by atoms with Gasteiger partial charge in [0, 0.05) is 18.7 Å². The van der Waals surface area contributed by atoms with Crippen LogP contribution in [0.15, 0.2) is 83.8 Å². The highest BCUT2D eigenvalue weighted by Gasteiger charge is 2.28. The van der Waals surface area contributed by atoms with Gasteiger partial charge in [0.05, 0.1) is 22.6 Å². The SMILES string of the molecule is COc1cccc(CCCNC(=O)CN(c2cccc([N+](=O)[O-])c2)S(=O)(=O)c2ccccc2)c1. The number of non-ortho nitro benzene ring substituents is 1. The van der Waals surface area contributed by atoms with Gasteiger partial charge in [0.25, 0.3) is 15.7 Å². The van der Waals surface area contributed by atoms with E-state index in [1.54, 1.807) is 25.3 Å². The van der Waals surface area contributed by atoms with Gasteiger partial charge in [0.1, 0.15) is 12.3 Å². The first-order valence-corrected chi connectivity index (χ1v) is 12.0. The Morgan fingerprint density at radius 2 is 1.76 bits per heavy atom. The number of nitro groups is 1. The molecule has 10 heteroatoms.